The molecule has 2 atom stereocenters. The molecule has 0 aromatic heterocycles. The van der Waals surface area contributed by atoms with Gasteiger partial charge in [-0.25, -0.2) is 13.1 Å². The van der Waals surface area contributed by atoms with E-state index in [4.69, 9.17) is 5.73 Å². The highest BCUT2D eigenvalue weighted by Gasteiger charge is 2.40. The molecule has 0 spiro atoms. The Kier molecular flexibility index (Phi) is 5.38. The Bertz CT molecular complexity index is 660. The summed E-state index contributed by atoms with van der Waals surface area (Å²) in [6.07, 6.45) is 3.75. The van der Waals surface area contributed by atoms with Crippen molar-refractivity contribution in [2.24, 2.45) is 11.7 Å². The standard InChI is InChI=1S/C15H23N3O4S/c1-12-4-2-3-9-15(12,11-16)17-23(21,22)10-13-5-7-14(8-6-13)18(19)20/h5-8,12,17H,2-4,9-11,16H2,1H3. The van der Waals surface area contributed by atoms with Crippen molar-refractivity contribution >= 4 is 15.7 Å². The van der Waals surface area contributed by atoms with Crippen molar-refractivity contribution in [3.63, 3.8) is 0 Å². The quantitative estimate of drug-likeness (QED) is 0.606. The number of non-ortho nitro benzene ring substituents is 1. The minimum Gasteiger partial charge on any atom is -0.329 e. The molecule has 23 heavy (non-hydrogen) atoms. The Morgan fingerprint density at radius 2 is 2.00 bits per heavy atom. The molecule has 0 aliphatic heterocycles. The average molecular weight is 341 g/mol. The fourth-order valence-corrected chi connectivity index (χ4v) is 4.90. The summed E-state index contributed by atoms with van der Waals surface area (Å²) in [6, 6.07) is 5.56. The SMILES string of the molecule is CC1CCCCC1(CN)NS(=O)(=O)Cc1ccc([N+](=O)[O-])cc1. The first-order valence-electron chi connectivity index (χ1n) is 7.73. The van der Waals surface area contributed by atoms with Gasteiger partial charge in [-0.15, -0.1) is 0 Å². The summed E-state index contributed by atoms with van der Waals surface area (Å²) in [6.45, 7) is 2.30. The second kappa shape index (κ2) is 6.94. The summed E-state index contributed by atoms with van der Waals surface area (Å²) in [5.41, 5.74) is 5.75. The third kappa shape index (κ3) is 4.27. The van der Waals surface area contributed by atoms with Gasteiger partial charge in [-0.3, -0.25) is 10.1 Å². The van der Waals surface area contributed by atoms with E-state index in [0.717, 1.165) is 25.7 Å². The Labute approximate surface area is 136 Å². The van der Waals surface area contributed by atoms with Crippen molar-refractivity contribution in [3.8, 4) is 0 Å². The molecule has 128 valence electrons. The number of rotatable bonds is 6. The van der Waals surface area contributed by atoms with Crippen LogP contribution in [0.1, 0.15) is 38.2 Å². The van der Waals surface area contributed by atoms with E-state index in [0.29, 0.717) is 5.56 Å². The fourth-order valence-electron chi connectivity index (χ4n) is 3.19. The number of nitrogens with two attached hydrogens (primary N) is 1. The minimum atomic E-state index is -3.57. The normalized spacial score (nSPS) is 25.2. The summed E-state index contributed by atoms with van der Waals surface area (Å²) >= 11 is 0. The van der Waals surface area contributed by atoms with Gasteiger partial charge in [0.25, 0.3) is 5.69 Å². The van der Waals surface area contributed by atoms with E-state index in [2.05, 4.69) is 4.72 Å². The second-order valence-corrected chi connectivity index (χ2v) is 8.01. The fraction of sp³-hybridized carbons (Fsp3) is 0.600. The van der Waals surface area contributed by atoms with Crippen molar-refractivity contribution in [1.29, 1.82) is 0 Å². The first-order chi connectivity index (χ1) is 10.8. The zero-order valence-electron chi connectivity index (χ0n) is 13.2. The number of nitro benzene ring substituents is 1. The molecule has 1 saturated carbocycles. The predicted molar refractivity (Wildman–Crippen MR) is 88.3 cm³/mol. The molecule has 7 nitrogen and oxygen atoms in total. The van der Waals surface area contributed by atoms with E-state index >= 15 is 0 Å². The van der Waals surface area contributed by atoms with Crippen LogP contribution in [0, 0.1) is 16.0 Å². The first kappa shape index (κ1) is 17.8. The zero-order chi connectivity index (χ0) is 17.1. The summed E-state index contributed by atoms with van der Waals surface area (Å²) in [5, 5.41) is 10.6. The maximum absolute atomic E-state index is 12.5. The molecule has 1 aromatic rings. The largest absolute Gasteiger partial charge is 0.329 e. The Balaban J connectivity index is 2.13. The van der Waals surface area contributed by atoms with Crippen molar-refractivity contribution < 1.29 is 13.3 Å². The van der Waals surface area contributed by atoms with Crippen LogP contribution in [-0.4, -0.2) is 25.4 Å². The molecular formula is C15H23N3O4S. The third-order valence-corrected chi connectivity index (χ3v) is 6.11. The van der Waals surface area contributed by atoms with Gasteiger partial charge in [0.15, 0.2) is 0 Å². The van der Waals surface area contributed by atoms with Gasteiger partial charge >= 0.3 is 0 Å². The van der Waals surface area contributed by atoms with Crippen LogP contribution in [0.15, 0.2) is 24.3 Å². The van der Waals surface area contributed by atoms with E-state index in [1.54, 1.807) is 0 Å². The molecule has 1 aliphatic carbocycles. The smallest absolute Gasteiger partial charge is 0.269 e. The molecule has 0 amide bonds. The molecule has 2 unspecified atom stereocenters. The number of hydrogen-bond acceptors (Lipinski definition) is 5. The van der Waals surface area contributed by atoms with Crippen LogP contribution in [0.4, 0.5) is 5.69 Å². The average Bonchev–Trinajstić information content (AvgIpc) is 2.49. The van der Waals surface area contributed by atoms with Gasteiger partial charge in [-0.1, -0.05) is 31.9 Å². The molecular weight excluding hydrogens is 318 g/mol. The Hall–Kier alpha value is -1.51. The van der Waals surface area contributed by atoms with Crippen LogP contribution < -0.4 is 10.5 Å². The van der Waals surface area contributed by atoms with E-state index in [1.165, 1.54) is 24.3 Å². The van der Waals surface area contributed by atoms with E-state index in [9.17, 15) is 18.5 Å². The molecule has 0 saturated heterocycles. The van der Waals surface area contributed by atoms with Crippen molar-refractivity contribution in [3.05, 3.63) is 39.9 Å². The summed E-state index contributed by atoms with van der Waals surface area (Å²) in [5.74, 6) is -0.0210. The van der Waals surface area contributed by atoms with Gasteiger partial charge in [0, 0.05) is 24.2 Å². The summed E-state index contributed by atoms with van der Waals surface area (Å²) in [7, 11) is -3.57. The number of sulfonamides is 1. The first-order valence-corrected chi connectivity index (χ1v) is 9.38. The lowest BCUT2D eigenvalue weighted by atomic mass is 9.74. The van der Waals surface area contributed by atoms with Gasteiger partial charge in [0.2, 0.25) is 10.0 Å². The zero-order valence-corrected chi connectivity index (χ0v) is 14.0. The lowest BCUT2D eigenvalue weighted by Crippen LogP contribution is -2.59. The number of benzene rings is 1. The third-order valence-electron chi connectivity index (χ3n) is 4.68. The summed E-state index contributed by atoms with van der Waals surface area (Å²) < 4.78 is 27.8. The molecule has 0 heterocycles. The molecule has 3 N–H and O–H groups in total. The van der Waals surface area contributed by atoms with Gasteiger partial charge in [-0.05, 0) is 24.3 Å². The van der Waals surface area contributed by atoms with Gasteiger partial charge < -0.3 is 5.73 Å². The number of nitro groups is 1. The number of nitrogens with one attached hydrogen (secondary N) is 1. The van der Waals surface area contributed by atoms with Crippen LogP contribution in [0.2, 0.25) is 0 Å². The predicted octanol–water partition coefficient (Wildman–Crippen LogP) is 1.92. The van der Waals surface area contributed by atoms with Crippen LogP contribution in [0.3, 0.4) is 0 Å². The maximum atomic E-state index is 12.5. The summed E-state index contributed by atoms with van der Waals surface area (Å²) in [4.78, 5) is 10.1. The highest BCUT2D eigenvalue weighted by molar-refractivity contribution is 7.88. The van der Waals surface area contributed by atoms with Crippen LogP contribution in [0.25, 0.3) is 0 Å². The molecule has 1 fully saturated rings. The van der Waals surface area contributed by atoms with Crippen molar-refractivity contribution in [1.82, 2.24) is 4.72 Å². The molecule has 0 bridgehead atoms. The molecule has 1 aliphatic rings. The lowest BCUT2D eigenvalue weighted by molar-refractivity contribution is -0.384. The van der Waals surface area contributed by atoms with Gasteiger partial charge in [-0.2, -0.15) is 0 Å². The van der Waals surface area contributed by atoms with Gasteiger partial charge in [0.1, 0.15) is 0 Å². The molecule has 2 rings (SSSR count). The van der Waals surface area contributed by atoms with E-state index in [1.807, 2.05) is 6.92 Å². The molecule has 0 radical (unpaired) electrons. The van der Waals surface area contributed by atoms with Crippen molar-refractivity contribution in [2.45, 2.75) is 43.9 Å². The van der Waals surface area contributed by atoms with Crippen molar-refractivity contribution in [2.75, 3.05) is 6.54 Å². The lowest BCUT2D eigenvalue weighted by Gasteiger charge is -2.42. The number of nitrogens with zero attached hydrogens (tertiary/aromatic N) is 1. The monoisotopic (exact) mass is 341 g/mol. The van der Waals surface area contributed by atoms with E-state index in [-0.39, 0.29) is 23.9 Å². The maximum Gasteiger partial charge on any atom is 0.269 e. The topological polar surface area (TPSA) is 115 Å². The Morgan fingerprint density at radius 1 is 1.35 bits per heavy atom. The van der Waals surface area contributed by atoms with Crippen LogP contribution >= 0.6 is 0 Å². The minimum absolute atomic E-state index is 0.0570. The van der Waals surface area contributed by atoms with E-state index < -0.39 is 20.5 Å². The Morgan fingerprint density at radius 3 is 2.52 bits per heavy atom. The van der Waals surface area contributed by atoms with Crippen LogP contribution in [0.5, 0.6) is 0 Å². The second-order valence-electron chi connectivity index (χ2n) is 6.29. The molecule has 8 heteroatoms. The number of hydrogen-bond donors (Lipinski definition) is 2. The highest BCUT2D eigenvalue weighted by Crippen LogP contribution is 2.33. The van der Waals surface area contributed by atoms with Gasteiger partial charge in [0.05, 0.1) is 10.7 Å². The molecule has 1 aromatic carbocycles. The van der Waals surface area contributed by atoms with Crippen LogP contribution in [-0.2, 0) is 15.8 Å². The highest BCUT2D eigenvalue weighted by atomic mass is 32.2.